The van der Waals surface area contributed by atoms with Crippen molar-refractivity contribution in [2.75, 3.05) is 50.5 Å². The van der Waals surface area contributed by atoms with Crippen molar-refractivity contribution >= 4 is 25.7 Å². The van der Waals surface area contributed by atoms with Crippen LogP contribution in [-0.4, -0.2) is 82.1 Å². The minimum Gasteiger partial charge on any atom is -0.497 e. The normalized spacial score (nSPS) is 24.7. The summed E-state index contributed by atoms with van der Waals surface area (Å²) in [5, 5.41) is 0. The fourth-order valence-corrected chi connectivity index (χ4v) is 10.5. The number of nitrogens with zero attached hydrogens (tertiary/aromatic N) is 4. The molecule has 2 aromatic rings. The molecule has 0 aliphatic carbocycles. The highest BCUT2D eigenvalue weighted by Crippen LogP contribution is 2.42. The van der Waals surface area contributed by atoms with Crippen LogP contribution < -0.4 is 9.64 Å². The molecule has 3 aliphatic heterocycles. The van der Waals surface area contributed by atoms with E-state index in [1.165, 1.54) is 0 Å². The van der Waals surface area contributed by atoms with E-state index in [0.29, 0.717) is 54.2 Å². The average Bonchev–Trinajstić information content (AvgIpc) is 3.65. The van der Waals surface area contributed by atoms with Gasteiger partial charge < -0.3 is 9.64 Å². The number of aryl methyl sites for hydroxylation is 2. The van der Waals surface area contributed by atoms with Crippen molar-refractivity contribution in [2.45, 2.75) is 63.3 Å². The third-order valence-electron chi connectivity index (χ3n) is 8.76. The van der Waals surface area contributed by atoms with Gasteiger partial charge in [0.2, 0.25) is 20.0 Å². The quantitative estimate of drug-likeness (QED) is 0.450. The number of sulfonamides is 2. The van der Waals surface area contributed by atoms with Crippen molar-refractivity contribution in [1.29, 1.82) is 0 Å². The van der Waals surface area contributed by atoms with Crippen LogP contribution in [0.15, 0.2) is 41.6 Å². The van der Waals surface area contributed by atoms with E-state index in [4.69, 9.17) is 4.74 Å². The Kier molecular flexibility index (Phi) is 7.98. The first kappa shape index (κ1) is 28.3. The standard InChI is InChI=1S/C28H40N4O5S2/c1-22-18-26(37-3)19-23(2)27(22)39(35,36)32-14-4-6-25(32)7-5-17-38(33,34)31-16-11-28(21-31)10-15-30(20-28)24-8-12-29-13-9-24/h8-9,12-13,18-19,25H,4-7,10-11,14-17,20-21H2,1-3H3. The molecule has 0 amide bonds. The van der Waals surface area contributed by atoms with Crippen LogP contribution in [0.5, 0.6) is 5.75 Å². The van der Waals surface area contributed by atoms with Crippen molar-refractivity contribution < 1.29 is 21.6 Å². The Balaban J connectivity index is 1.19. The number of hydrogen-bond acceptors (Lipinski definition) is 7. The Morgan fingerprint density at radius 3 is 2.38 bits per heavy atom. The maximum Gasteiger partial charge on any atom is 0.243 e. The highest BCUT2D eigenvalue weighted by atomic mass is 32.2. The minimum absolute atomic E-state index is 0.000749. The van der Waals surface area contributed by atoms with Crippen molar-refractivity contribution in [3.63, 3.8) is 0 Å². The van der Waals surface area contributed by atoms with Crippen molar-refractivity contribution in [3.05, 3.63) is 47.8 Å². The molecule has 3 fully saturated rings. The molecule has 11 heteroatoms. The van der Waals surface area contributed by atoms with Crippen LogP contribution in [0.4, 0.5) is 5.69 Å². The molecule has 0 bridgehead atoms. The second kappa shape index (κ2) is 11.0. The summed E-state index contributed by atoms with van der Waals surface area (Å²) < 4.78 is 62.5. The number of methoxy groups -OCH3 is 1. The summed E-state index contributed by atoms with van der Waals surface area (Å²) in [6, 6.07) is 7.33. The Labute approximate surface area is 233 Å². The van der Waals surface area contributed by atoms with Crippen LogP contribution in [0, 0.1) is 19.3 Å². The lowest BCUT2D eigenvalue weighted by Crippen LogP contribution is -2.37. The van der Waals surface area contributed by atoms with Gasteiger partial charge in [0.25, 0.3) is 0 Å². The van der Waals surface area contributed by atoms with Gasteiger partial charge in [0.1, 0.15) is 5.75 Å². The van der Waals surface area contributed by atoms with Gasteiger partial charge in [-0.15, -0.1) is 0 Å². The molecule has 214 valence electrons. The van der Waals surface area contributed by atoms with Crippen molar-refractivity contribution in [3.8, 4) is 5.75 Å². The zero-order chi connectivity index (χ0) is 27.8. The SMILES string of the molecule is COc1cc(C)c(S(=O)(=O)N2CCCC2CCCS(=O)(=O)N2CCC3(CCN(c4ccncc4)C3)C2)c(C)c1. The van der Waals surface area contributed by atoms with Crippen LogP contribution >= 0.6 is 0 Å². The van der Waals surface area contributed by atoms with Crippen LogP contribution in [0.2, 0.25) is 0 Å². The van der Waals surface area contributed by atoms with E-state index in [9.17, 15) is 16.8 Å². The molecule has 1 aromatic carbocycles. The highest BCUT2D eigenvalue weighted by Gasteiger charge is 2.46. The number of hydrogen-bond donors (Lipinski definition) is 0. The molecule has 39 heavy (non-hydrogen) atoms. The van der Waals surface area contributed by atoms with Crippen molar-refractivity contribution in [2.24, 2.45) is 5.41 Å². The van der Waals surface area contributed by atoms with Gasteiger partial charge in [-0.2, -0.15) is 4.31 Å². The Hall–Kier alpha value is -2.21. The molecule has 4 heterocycles. The molecule has 2 atom stereocenters. The summed E-state index contributed by atoms with van der Waals surface area (Å²) in [7, 11) is -5.52. The van der Waals surface area contributed by atoms with E-state index in [1.807, 2.05) is 12.1 Å². The highest BCUT2D eigenvalue weighted by molar-refractivity contribution is 7.89. The number of aromatic nitrogens is 1. The molecular formula is C28H40N4O5S2. The molecule has 3 saturated heterocycles. The maximum absolute atomic E-state index is 13.7. The lowest BCUT2D eigenvalue weighted by Gasteiger charge is -2.27. The van der Waals surface area contributed by atoms with Crippen LogP contribution in [0.25, 0.3) is 0 Å². The molecule has 0 radical (unpaired) electrons. The Bertz CT molecular complexity index is 1380. The number of anilines is 1. The van der Waals surface area contributed by atoms with Gasteiger partial charge in [-0.25, -0.2) is 21.1 Å². The first-order valence-electron chi connectivity index (χ1n) is 13.8. The molecule has 5 rings (SSSR count). The number of benzene rings is 1. The van der Waals surface area contributed by atoms with Crippen LogP contribution in [0.3, 0.4) is 0 Å². The first-order chi connectivity index (χ1) is 18.5. The fraction of sp³-hybridized carbons (Fsp3) is 0.607. The van der Waals surface area contributed by atoms with Gasteiger partial charge in [-0.05, 0) is 87.8 Å². The Morgan fingerprint density at radius 2 is 1.69 bits per heavy atom. The molecule has 1 aromatic heterocycles. The van der Waals surface area contributed by atoms with E-state index in [-0.39, 0.29) is 17.2 Å². The smallest absolute Gasteiger partial charge is 0.243 e. The molecule has 9 nitrogen and oxygen atoms in total. The van der Waals surface area contributed by atoms with Gasteiger partial charge in [-0.3, -0.25) is 4.98 Å². The predicted octanol–water partition coefficient (Wildman–Crippen LogP) is 3.57. The van der Waals surface area contributed by atoms with E-state index in [2.05, 4.69) is 9.88 Å². The summed E-state index contributed by atoms with van der Waals surface area (Å²) in [5.41, 5.74) is 2.47. The van der Waals surface area contributed by atoms with E-state index < -0.39 is 20.0 Å². The minimum atomic E-state index is -3.69. The fourth-order valence-electron chi connectivity index (χ4n) is 6.77. The van der Waals surface area contributed by atoms with E-state index in [1.54, 1.807) is 54.1 Å². The Morgan fingerprint density at radius 1 is 1.00 bits per heavy atom. The van der Waals surface area contributed by atoms with Gasteiger partial charge in [0, 0.05) is 62.3 Å². The summed E-state index contributed by atoms with van der Waals surface area (Å²) in [6.07, 6.45) is 7.99. The third kappa shape index (κ3) is 5.68. The molecule has 0 saturated carbocycles. The van der Waals surface area contributed by atoms with E-state index >= 15 is 0 Å². The summed E-state index contributed by atoms with van der Waals surface area (Å²) in [4.78, 5) is 6.77. The average molecular weight is 577 g/mol. The monoisotopic (exact) mass is 576 g/mol. The zero-order valence-corrected chi connectivity index (χ0v) is 24.8. The molecule has 3 aliphatic rings. The summed E-state index contributed by atoms with van der Waals surface area (Å²) in [5.74, 6) is 0.695. The van der Waals surface area contributed by atoms with Crippen LogP contribution in [0.1, 0.15) is 49.7 Å². The van der Waals surface area contributed by atoms with Crippen molar-refractivity contribution in [1.82, 2.24) is 13.6 Å². The van der Waals surface area contributed by atoms with Gasteiger partial charge in [-0.1, -0.05) is 0 Å². The predicted molar refractivity (Wildman–Crippen MR) is 152 cm³/mol. The zero-order valence-electron chi connectivity index (χ0n) is 23.2. The topological polar surface area (TPSA) is 100 Å². The maximum atomic E-state index is 13.7. The van der Waals surface area contributed by atoms with Gasteiger partial charge >= 0.3 is 0 Å². The summed E-state index contributed by atoms with van der Waals surface area (Å²) in [6.45, 7) is 6.97. The second-order valence-corrected chi connectivity index (χ2v) is 15.3. The van der Waals surface area contributed by atoms with Gasteiger partial charge in [0.15, 0.2) is 0 Å². The number of rotatable bonds is 9. The largest absolute Gasteiger partial charge is 0.497 e. The van der Waals surface area contributed by atoms with E-state index in [0.717, 1.165) is 44.5 Å². The van der Waals surface area contributed by atoms with Gasteiger partial charge in [0.05, 0.1) is 17.8 Å². The second-order valence-electron chi connectivity index (χ2n) is 11.4. The molecule has 1 spiro atoms. The van der Waals surface area contributed by atoms with Crippen LogP contribution in [-0.2, 0) is 20.0 Å². The molecular weight excluding hydrogens is 536 g/mol. The third-order valence-corrected chi connectivity index (χ3v) is 12.9. The number of pyridine rings is 1. The number of ether oxygens (including phenoxy) is 1. The lowest BCUT2D eigenvalue weighted by atomic mass is 9.86. The molecule has 0 N–H and O–H groups in total. The molecule has 2 unspecified atom stereocenters. The lowest BCUT2D eigenvalue weighted by molar-refractivity contribution is 0.340. The summed E-state index contributed by atoms with van der Waals surface area (Å²) >= 11 is 0. The first-order valence-corrected chi connectivity index (χ1v) is 16.9.